The topological polar surface area (TPSA) is 29.3 Å². The van der Waals surface area contributed by atoms with Crippen LogP contribution < -0.4 is 5.73 Å². The van der Waals surface area contributed by atoms with E-state index in [9.17, 15) is 4.39 Å². The van der Waals surface area contributed by atoms with Crippen LogP contribution in [0.3, 0.4) is 0 Å². The van der Waals surface area contributed by atoms with Crippen LogP contribution in [0.15, 0.2) is 24.3 Å². The van der Waals surface area contributed by atoms with Gasteiger partial charge in [0, 0.05) is 25.7 Å². The maximum Gasteiger partial charge on any atom is 0.123 e. The van der Waals surface area contributed by atoms with Crippen LogP contribution in [0.5, 0.6) is 0 Å². The molecule has 2 atom stereocenters. The maximum atomic E-state index is 13.3. The molecular formula is C17H27FN2. The molecule has 0 bridgehead atoms. The normalized spacial score (nSPS) is 24.9. The second-order valence-corrected chi connectivity index (χ2v) is 7.45. The minimum absolute atomic E-state index is 0.157. The average molecular weight is 278 g/mol. The molecule has 2 nitrogen and oxygen atoms in total. The highest BCUT2D eigenvalue weighted by Crippen LogP contribution is 2.30. The van der Waals surface area contributed by atoms with Gasteiger partial charge in [-0.15, -0.1) is 0 Å². The number of likely N-dealkylation sites (tertiary alicyclic amines) is 1. The minimum Gasteiger partial charge on any atom is -0.327 e. The summed E-state index contributed by atoms with van der Waals surface area (Å²) in [4.78, 5) is 2.37. The molecule has 0 spiro atoms. The molecule has 1 aromatic carbocycles. The predicted octanol–water partition coefficient (Wildman–Crippen LogP) is 3.41. The Kier molecular flexibility index (Phi) is 4.82. The minimum atomic E-state index is -0.157. The molecule has 0 aromatic heterocycles. The number of nitrogens with two attached hydrogens (primary N) is 1. The summed E-state index contributed by atoms with van der Waals surface area (Å²) >= 11 is 0. The zero-order valence-electron chi connectivity index (χ0n) is 12.9. The first kappa shape index (κ1) is 15.5. The van der Waals surface area contributed by atoms with E-state index >= 15 is 0 Å². The van der Waals surface area contributed by atoms with E-state index < -0.39 is 0 Å². The van der Waals surface area contributed by atoms with Crippen molar-refractivity contribution in [1.29, 1.82) is 0 Å². The first-order chi connectivity index (χ1) is 9.32. The van der Waals surface area contributed by atoms with Crippen molar-refractivity contribution >= 4 is 0 Å². The summed E-state index contributed by atoms with van der Waals surface area (Å²) in [5, 5.41) is 0. The van der Waals surface area contributed by atoms with Crippen molar-refractivity contribution < 1.29 is 4.39 Å². The van der Waals surface area contributed by atoms with Crippen LogP contribution in [-0.4, -0.2) is 24.0 Å². The van der Waals surface area contributed by atoms with Crippen LogP contribution in [0.1, 0.15) is 39.2 Å². The van der Waals surface area contributed by atoms with Crippen LogP contribution in [0, 0.1) is 17.2 Å². The molecule has 0 aliphatic carbocycles. The number of benzene rings is 1. The highest BCUT2D eigenvalue weighted by atomic mass is 19.1. The maximum absolute atomic E-state index is 13.3. The molecule has 0 saturated carbocycles. The van der Waals surface area contributed by atoms with Crippen LogP contribution >= 0.6 is 0 Å². The summed E-state index contributed by atoms with van der Waals surface area (Å²) < 4.78 is 13.3. The molecule has 1 aliphatic heterocycles. The van der Waals surface area contributed by atoms with Crippen molar-refractivity contribution in [2.24, 2.45) is 17.1 Å². The average Bonchev–Trinajstić information content (AvgIpc) is 2.25. The molecule has 0 radical (unpaired) electrons. The summed E-state index contributed by atoms with van der Waals surface area (Å²) in [5.74, 6) is 0.488. The predicted molar refractivity (Wildman–Crippen MR) is 81.8 cm³/mol. The van der Waals surface area contributed by atoms with Gasteiger partial charge < -0.3 is 5.73 Å². The monoisotopic (exact) mass is 278 g/mol. The van der Waals surface area contributed by atoms with Crippen molar-refractivity contribution in [1.82, 2.24) is 4.90 Å². The molecule has 1 fully saturated rings. The van der Waals surface area contributed by atoms with Gasteiger partial charge in [0.05, 0.1) is 0 Å². The van der Waals surface area contributed by atoms with E-state index in [4.69, 9.17) is 5.73 Å². The Bertz CT molecular complexity index is 439. The Morgan fingerprint density at radius 2 is 2.05 bits per heavy atom. The first-order valence-electron chi connectivity index (χ1n) is 7.54. The molecule has 1 heterocycles. The molecule has 2 rings (SSSR count). The highest BCUT2D eigenvalue weighted by Gasteiger charge is 2.28. The van der Waals surface area contributed by atoms with E-state index in [1.54, 1.807) is 12.1 Å². The summed E-state index contributed by atoms with van der Waals surface area (Å²) in [6, 6.07) is 7.13. The lowest BCUT2D eigenvalue weighted by atomic mass is 9.80. The number of hydrogen-bond acceptors (Lipinski definition) is 2. The molecule has 1 aliphatic rings. The highest BCUT2D eigenvalue weighted by molar-refractivity contribution is 5.16. The first-order valence-corrected chi connectivity index (χ1v) is 7.54. The third kappa shape index (κ3) is 4.88. The molecule has 2 N–H and O–H groups in total. The van der Waals surface area contributed by atoms with Gasteiger partial charge in [0.1, 0.15) is 5.82 Å². The van der Waals surface area contributed by atoms with Crippen LogP contribution in [-0.2, 0) is 6.54 Å². The van der Waals surface area contributed by atoms with Gasteiger partial charge in [0.15, 0.2) is 0 Å². The molecule has 3 heteroatoms. The van der Waals surface area contributed by atoms with Crippen molar-refractivity contribution in [3.05, 3.63) is 35.6 Å². The Morgan fingerprint density at radius 1 is 1.30 bits per heavy atom. The van der Waals surface area contributed by atoms with Crippen molar-refractivity contribution in [3.8, 4) is 0 Å². The van der Waals surface area contributed by atoms with E-state index in [1.807, 2.05) is 6.07 Å². The van der Waals surface area contributed by atoms with E-state index in [0.717, 1.165) is 31.6 Å². The van der Waals surface area contributed by atoms with Crippen LogP contribution in [0.4, 0.5) is 4.39 Å². The van der Waals surface area contributed by atoms with E-state index in [-0.39, 0.29) is 11.9 Å². The lowest BCUT2D eigenvalue weighted by molar-refractivity contribution is 0.120. The third-order valence-corrected chi connectivity index (χ3v) is 3.84. The number of hydrogen-bond donors (Lipinski definition) is 1. The zero-order chi connectivity index (χ0) is 14.8. The van der Waals surface area contributed by atoms with Gasteiger partial charge in [0.2, 0.25) is 0 Å². The fraction of sp³-hybridized carbons (Fsp3) is 0.647. The van der Waals surface area contributed by atoms with Gasteiger partial charge in [-0.05, 0) is 41.9 Å². The Labute approximate surface area is 122 Å². The van der Waals surface area contributed by atoms with Crippen LogP contribution in [0.25, 0.3) is 0 Å². The van der Waals surface area contributed by atoms with Gasteiger partial charge >= 0.3 is 0 Å². The zero-order valence-corrected chi connectivity index (χ0v) is 12.9. The molecule has 20 heavy (non-hydrogen) atoms. The molecule has 1 aromatic rings. The molecule has 1 saturated heterocycles. The number of piperidine rings is 1. The van der Waals surface area contributed by atoms with E-state index in [2.05, 4.69) is 25.7 Å². The Morgan fingerprint density at radius 3 is 2.70 bits per heavy atom. The summed E-state index contributed by atoms with van der Waals surface area (Å²) in [6.07, 6.45) is 2.30. The van der Waals surface area contributed by atoms with Gasteiger partial charge in [-0.25, -0.2) is 4.39 Å². The van der Waals surface area contributed by atoms with Gasteiger partial charge in [-0.2, -0.15) is 0 Å². The number of rotatable bonds is 3. The van der Waals surface area contributed by atoms with E-state index in [0.29, 0.717) is 11.3 Å². The SMILES string of the molecule is CC(C)(C)CC1CC(N)CN(Cc2cccc(F)c2)C1. The third-order valence-electron chi connectivity index (χ3n) is 3.84. The van der Waals surface area contributed by atoms with E-state index in [1.165, 1.54) is 12.5 Å². The molecule has 0 amide bonds. The second kappa shape index (κ2) is 6.23. The van der Waals surface area contributed by atoms with Crippen LogP contribution in [0.2, 0.25) is 0 Å². The van der Waals surface area contributed by atoms with Crippen molar-refractivity contribution in [2.75, 3.05) is 13.1 Å². The van der Waals surface area contributed by atoms with Gasteiger partial charge in [0.25, 0.3) is 0 Å². The summed E-state index contributed by atoms with van der Waals surface area (Å²) in [5.41, 5.74) is 7.58. The fourth-order valence-electron chi connectivity index (χ4n) is 3.39. The number of nitrogens with zero attached hydrogens (tertiary/aromatic N) is 1. The van der Waals surface area contributed by atoms with Crippen molar-refractivity contribution in [2.45, 2.75) is 46.2 Å². The van der Waals surface area contributed by atoms with Gasteiger partial charge in [-0.1, -0.05) is 32.9 Å². The summed E-state index contributed by atoms with van der Waals surface area (Å²) in [6.45, 7) is 9.63. The Hall–Kier alpha value is -0.930. The summed E-state index contributed by atoms with van der Waals surface area (Å²) in [7, 11) is 0. The largest absolute Gasteiger partial charge is 0.327 e. The quantitative estimate of drug-likeness (QED) is 0.918. The fourth-order valence-corrected chi connectivity index (χ4v) is 3.39. The molecule has 112 valence electrons. The molecular weight excluding hydrogens is 251 g/mol. The second-order valence-electron chi connectivity index (χ2n) is 7.45. The van der Waals surface area contributed by atoms with Crippen molar-refractivity contribution in [3.63, 3.8) is 0 Å². The lowest BCUT2D eigenvalue weighted by Gasteiger charge is -2.38. The number of halogens is 1. The molecule has 2 unspecified atom stereocenters. The standard InChI is InChI=1S/C17H27FN2/c1-17(2,3)9-14-8-16(19)12-20(11-14)10-13-5-4-6-15(18)7-13/h4-7,14,16H,8-12,19H2,1-3H3. The smallest absolute Gasteiger partial charge is 0.123 e. The lowest BCUT2D eigenvalue weighted by Crippen LogP contribution is -2.47. The van der Waals surface area contributed by atoms with Gasteiger partial charge in [-0.3, -0.25) is 4.90 Å². The Balaban J connectivity index is 1.97.